The molecule has 2 aromatic rings. The molecule has 2 heterocycles. The number of hydrogen-bond acceptors (Lipinski definition) is 6. The van der Waals surface area contributed by atoms with E-state index in [1.165, 1.54) is 40.7 Å². The van der Waals surface area contributed by atoms with E-state index in [0.29, 0.717) is 18.8 Å². The van der Waals surface area contributed by atoms with Gasteiger partial charge in [-0.1, -0.05) is 24.3 Å². The third kappa shape index (κ3) is 5.61. The Labute approximate surface area is 190 Å². The van der Waals surface area contributed by atoms with E-state index in [1.54, 1.807) is 0 Å². The van der Waals surface area contributed by atoms with Crippen LogP contribution < -0.4 is 9.62 Å². The maximum Gasteiger partial charge on any atom is 0.261 e. The fraction of sp³-hybridized carbons (Fsp3) is 0.500. The first-order valence-corrected chi connectivity index (χ1v) is 12.9. The van der Waals surface area contributed by atoms with Gasteiger partial charge in [0.2, 0.25) is 0 Å². The van der Waals surface area contributed by atoms with Crippen LogP contribution in [0.15, 0.2) is 30.3 Å². The predicted molar refractivity (Wildman–Crippen MR) is 122 cm³/mol. The molecule has 1 atom stereocenters. The molecule has 32 heavy (non-hydrogen) atoms. The number of ether oxygens (including phenoxy) is 1. The fourth-order valence-electron chi connectivity index (χ4n) is 4.88. The van der Waals surface area contributed by atoms with Crippen molar-refractivity contribution in [3.63, 3.8) is 0 Å². The number of fused-ring (bicyclic) bond motifs is 4. The van der Waals surface area contributed by atoms with E-state index in [-0.39, 0.29) is 0 Å². The molecule has 5 rings (SSSR count). The quantitative estimate of drug-likeness (QED) is 0.538. The van der Waals surface area contributed by atoms with Crippen LogP contribution in [0.2, 0.25) is 0 Å². The Morgan fingerprint density at radius 1 is 1.16 bits per heavy atom. The zero-order chi connectivity index (χ0) is 22.7. The van der Waals surface area contributed by atoms with Crippen molar-refractivity contribution in [2.75, 3.05) is 33.0 Å². The van der Waals surface area contributed by atoms with Crippen LogP contribution in [0, 0.1) is 0 Å². The molecule has 1 N–H and O–H groups in total. The van der Waals surface area contributed by atoms with Crippen LogP contribution in [0.3, 0.4) is 0 Å². The molecule has 3 aliphatic rings. The molecule has 1 aliphatic carbocycles. The van der Waals surface area contributed by atoms with Gasteiger partial charge in [0.05, 0.1) is 12.9 Å². The van der Waals surface area contributed by atoms with E-state index in [2.05, 4.69) is 42.3 Å². The van der Waals surface area contributed by atoms with Crippen LogP contribution in [0.25, 0.3) is 0 Å². The van der Waals surface area contributed by atoms with E-state index >= 15 is 0 Å². The largest absolute Gasteiger partial charge is 0.493 e. The third-order valence-corrected chi connectivity index (χ3v) is 6.29. The number of likely N-dealkylation sites (N-methyl/N-ethyl adjacent to an activating group) is 1. The van der Waals surface area contributed by atoms with Gasteiger partial charge in [-0.2, -0.15) is 13.3 Å². The summed E-state index contributed by atoms with van der Waals surface area (Å²) >= 11 is 0. The summed E-state index contributed by atoms with van der Waals surface area (Å²) in [5, 5.41) is 0. The average molecular weight is 462 g/mol. The van der Waals surface area contributed by atoms with Gasteiger partial charge in [0.25, 0.3) is 10.1 Å². The molecule has 0 bridgehead atoms. The van der Waals surface area contributed by atoms with Crippen LogP contribution in [0.1, 0.15) is 46.6 Å². The molecule has 0 fully saturated rings. The van der Waals surface area contributed by atoms with Crippen molar-refractivity contribution in [2.45, 2.75) is 44.6 Å². The van der Waals surface area contributed by atoms with Crippen LogP contribution >= 0.6 is 0 Å². The second-order valence-electron chi connectivity index (χ2n) is 8.79. The highest BCUT2D eigenvalue weighted by Crippen LogP contribution is 2.41. The van der Waals surface area contributed by atoms with Gasteiger partial charge in [-0.05, 0) is 55.8 Å². The zero-order valence-corrected chi connectivity index (χ0v) is 19.5. The minimum atomic E-state index is -3.67. The molecule has 174 valence electrons. The van der Waals surface area contributed by atoms with Crippen LogP contribution in [0.4, 0.5) is 0 Å². The molecule has 0 unspecified atom stereocenters. The summed E-state index contributed by atoms with van der Waals surface area (Å²) in [6.45, 7) is 3.58. The van der Waals surface area contributed by atoms with Gasteiger partial charge in [-0.15, -0.1) is 0 Å². The molecule has 0 amide bonds. The molecule has 0 aromatic heterocycles. The molecule has 0 spiro atoms. The molecule has 2 aromatic carbocycles. The number of nitrogens with zero attached hydrogens (tertiary/aromatic N) is 1. The highest BCUT2D eigenvalue weighted by molar-refractivity contribution is 7.85. The minimum absolute atomic E-state index is 0.582. The van der Waals surface area contributed by atoms with E-state index in [9.17, 15) is 8.42 Å². The van der Waals surface area contributed by atoms with Crippen molar-refractivity contribution >= 4 is 10.1 Å². The van der Waals surface area contributed by atoms with E-state index in [1.807, 2.05) is 0 Å². The Hall–Kier alpha value is -2.13. The number of hydrogen-bond donors (Lipinski definition) is 1. The van der Waals surface area contributed by atoms with Crippen molar-refractivity contribution in [2.24, 2.45) is 0 Å². The predicted octanol–water partition coefficient (Wildman–Crippen LogP) is 3.54. The molecular weight excluding hydrogens is 430 g/mol. The lowest BCUT2D eigenvalue weighted by atomic mass is 9.81. The highest BCUT2D eigenvalue weighted by Gasteiger charge is 2.28. The second-order valence-corrected chi connectivity index (χ2v) is 10.3. The highest BCUT2D eigenvalue weighted by atomic mass is 32.2. The molecule has 2 aliphatic heterocycles. The smallest absolute Gasteiger partial charge is 0.261 e. The maximum atomic E-state index is 9.19. The van der Waals surface area contributed by atoms with Crippen LogP contribution in [-0.4, -0.2) is 50.9 Å². The Balaban J connectivity index is 0.000000444. The van der Waals surface area contributed by atoms with E-state index in [4.69, 9.17) is 19.1 Å². The van der Waals surface area contributed by atoms with Crippen molar-refractivity contribution in [3.05, 3.63) is 58.1 Å². The van der Waals surface area contributed by atoms with E-state index < -0.39 is 10.1 Å². The minimum Gasteiger partial charge on any atom is -0.493 e. The van der Waals surface area contributed by atoms with Gasteiger partial charge in [-0.3, -0.25) is 4.55 Å². The monoisotopic (exact) mass is 461 g/mol. The average Bonchev–Trinajstić information content (AvgIpc) is 3.40. The fourth-order valence-corrected chi connectivity index (χ4v) is 4.88. The normalized spacial score (nSPS) is 18.7. The lowest BCUT2D eigenvalue weighted by Gasteiger charge is -2.30. The van der Waals surface area contributed by atoms with Crippen molar-refractivity contribution in [3.8, 4) is 11.5 Å². The molecular formula is C24H31NO6S. The number of rotatable bonds is 5. The maximum absolute atomic E-state index is 9.19. The molecule has 8 heteroatoms. The van der Waals surface area contributed by atoms with Gasteiger partial charge in [0.15, 0.2) is 5.75 Å². The molecule has 0 saturated heterocycles. The van der Waals surface area contributed by atoms with Crippen LogP contribution in [0.5, 0.6) is 11.5 Å². The van der Waals surface area contributed by atoms with Crippen molar-refractivity contribution in [1.29, 1.82) is 0 Å². The molecule has 0 radical (unpaired) electrons. The van der Waals surface area contributed by atoms with Crippen molar-refractivity contribution in [1.82, 2.24) is 4.90 Å². The summed E-state index contributed by atoms with van der Waals surface area (Å²) in [5.41, 5.74) is 6.91. The number of benzene rings is 2. The van der Waals surface area contributed by atoms with E-state index in [0.717, 1.165) is 50.5 Å². The first-order valence-electron chi connectivity index (χ1n) is 11.1. The van der Waals surface area contributed by atoms with Gasteiger partial charge in [0, 0.05) is 36.2 Å². The van der Waals surface area contributed by atoms with Gasteiger partial charge in [-0.25, -0.2) is 0 Å². The molecule has 0 saturated carbocycles. The Morgan fingerprint density at radius 3 is 2.78 bits per heavy atom. The summed E-state index contributed by atoms with van der Waals surface area (Å²) in [5.74, 6) is 2.67. The SMILES string of the molecule is CN(CCc1cccc2c1CCO2)C[C@@H]1CCCc2c1ccc1c2OOC1.CS(=O)(=O)O. The first-order chi connectivity index (χ1) is 15.3. The Kier molecular flexibility index (Phi) is 7.05. The standard InChI is InChI=1S/C23H27NO3.CH4O3S/c1-24(12-10-16-4-3-7-22-20(16)11-13-25-22)14-17-5-2-6-21-19(17)9-8-18-15-26-27-23(18)21;1-5(2,3)4/h3-4,7-9,17H,2,5-6,10-15H2,1H3;1H3,(H,2,3,4)/t17-;/m0./s1. The second kappa shape index (κ2) is 9.79. The molecule has 7 nitrogen and oxygen atoms in total. The summed E-state index contributed by atoms with van der Waals surface area (Å²) in [4.78, 5) is 13.2. The Bertz CT molecular complexity index is 1060. The van der Waals surface area contributed by atoms with Crippen LogP contribution in [-0.2, 0) is 40.9 Å². The van der Waals surface area contributed by atoms with Gasteiger partial charge in [0.1, 0.15) is 12.4 Å². The lowest BCUT2D eigenvalue weighted by molar-refractivity contribution is -0.195. The topological polar surface area (TPSA) is 85.3 Å². The van der Waals surface area contributed by atoms with Gasteiger partial charge < -0.3 is 14.5 Å². The Morgan fingerprint density at radius 2 is 1.97 bits per heavy atom. The summed E-state index contributed by atoms with van der Waals surface area (Å²) < 4.78 is 31.6. The zero-order valence-electron chi connectivity index (χ0n) is 18.7. The first kappa shape index (κ1) is 23.0. The summed E-state index contributed by atoms with van der Waals surface area (Å²) in [7, 11) is -1.42. The third-order valence-electron chi connectivity index (χ3n) is 6.29. The summed E-state index contributed by atoms with van der Waals surface area (Å²) in [6.07, 6.45) is 6.45. The van der Waals surface area contributed by atoms with Crippen molar-refractivity contribution < 1.29 is 27.5 Å². The lowest BCUT2D eigenvalue weighted by Crippen LogP contribution is -2.29. The summed E-state index contributed by atoms with van der Waals surface area (Å²) in [6, 6.07) is 11.0. The van der Waals surface area contributed by atoms with Gasteiger partial charge >= 0.3 is 0 Å².